The van der Waals surface area contributed by atoms with E-state index in [-0.39, 0.29) is 13.2 Å². The molecule has 1 N–H and O–H groups in total. The van der Waals surface area contributed by atoms with Crippen LogP contribution < -0.4 is 0 Å². The fourth-order valence-electron chi connectivity index (χ4n) is 0. The van der Waals surface area contributed by atoms with Gasteiger partial charge in [0.1, 0.15) is 5.78 Å². The molecule has 0 spiro atoms. The van der Waals surface area contributed by atoms with Crippen molar-refractivity contribution >= 4 is 28.6 Å². The highest BCUT2D eigenvalue weighted by molar-refractivity contribution is 7.80. The number of hydrogen-bond acceptors (Lipinski definition) is 3. The lowest BCUT2D eigenvalue weighted by atomic mass is 10.4. The normalized spacial score (nSPS) is 6.12. The van der Waals surface area contributed by atoms with E-state index in [2.05, 4.69) is 18.8 Å². The first-order valence-electron chi connectivity index (χ1n) is 5.01. The maximum absolute atomic E-state index is 9.44. The number of hydrogen-bond donors (Lipinski definition) is 1. The van der Waals surface area contributed by atoms with E-state index in [1.165, 1.54) is 19.4 Å². The Morgan fingerprint density at radius 1 is 0.941 bits per heavy atom. The van der Waals surface area contributed by atoms with Crippen molar-refractivity contribution in [2.75, 3.05) is 0 Å². The Balaban J connectivity index is -0.0000000369. The fourth-order valence-corrected chi connectivity index (χ4v) is 0. The van der Waals surface area contributed by atoms with Crippen molar-refractivity contribution in [2.45, 2.75) is 62.8 Å². The largest absolute Gasteiger partial charge is 0.310 e. The van der Waals surface area contributed by atoms with Crippen molar-refractivity contribution in [3.05, 3.63) is 12.2 Å². The molecule has 2 nitrogen and oxygen atoms in total. The molecule has 0 amide bonds. The summed E-state index contributed by atoms with van der Waals surface area (Å²) in [4.78, 5) is 10.4. The summed E-state index contributed by atoms with van der Waals surface area (Å²) in [5.41, 5.74) is 1.83. The molecule has 0 aromatic rings. The maximum Gasteiger partial charge on any atom is 0.126 e. The average molecular weight is 261 g/mol. The van der Waals surface area contributed by atoms with E-state index in [9.17, 15) is 4.79 Å². The zero-order valence-electron chi connectivity index (χ0n) is 12.0. The molecular weight excluding hydrogens is 230 g/mol. The molecule has 0 aliphatic rings. The zero-order chi connectivity index (χ0) is 14.3. The van der Waals surface area contributed by atoms with E-state index in [1.54, 1.807) is 13.8 Å². The van der Waals surface area contributed by atoms with Gasteiger partial charge in [0.2, 0.25) is 0 Å². The van der Waals surface area contributed by atoms with E-state index in [0.29, 0.717) is 5.71 Å². The van der Waals surface area contributed by atoms with Crippen molar-refractivity contribution < 1.29 is 4.79 Å². The molecule has 0 aromatic heterocycles. The van der Waals surface area contributed by atoms with E-state index in [4.69, 9.17) is 5.41 Å². The summed E-state index contributed by atoms with van der Waals surface area (Å²) in [6.07, 6.45) is 0. The van der Waals surface area contributed by atoms with Gasteiger partial charge in [0, 0.05) is 5.71 Å². The van der Waals surface area contributed by atoms with Gasteiger partial charge in [0.25, 0.3) is 0 Å². The van der Waals surface area contributed by atoms with Gasteiger partial charge in [-0.1, -0.05) is 25.2 Å². The van der Waals surface area contributed by atoms with Gasteiger partial charge < -0.3 is 10.2 Å². The molecule has 0 radical (unpaired) electrons. The molecule has 0 saturated carbocycles. The average Bonchev–Trinajstić information content (AvgIpc) is 1.76. The lowest BCUT2D eigenvalue weighted by molar-refractivity contribution is -0.114. The third-order valence-corrected chi connectivity index (χ3v) is 0. The van der Waals surface area contributed by atoms with Crippen molar-refractivity contribution in [1.82, 2.24) is 0 Å². The summed E-state index contributed by atoms with van der Waals surface area (Å²) in [5, 5.41) is 6.50. The molecule has 0 aromatic carbocycles. The monoisotopic (exact) mass is 261 g/mol. The summed E-state index contributed by atoms with van der Waals surface area (Å²) < 4.78 is 0. The molecule has 0 atom stereocenters. The van der Waals surface area contributed by atoms with Gasteiger partial charge >= 0.3 is 0 Å². The van der Waals surface area contributed by atoms with Crippen LogP contribution in [-0.4, -0.2) is 16.4 Å². The van der Waals surface area contributed by atoms with Crippen molar-refractivity contribution in [2.24, 2.45) is 0 Å². The summed E-state index contributed by atoms with van der Waals surface area (Å²) in [6, 6.07) is 0. The molecule has 0 bridgehead atoms. The highest BCUT2D eigenvalue weighted by atomic mass is 32.1. The number of allylic oxidation sites excluding steroid dienone is 1. The number of ketones is 1. The van der Waals surface area contributed by atoms with Crippen LogP contribution in [0.1, 0.15) is 62.8 Å². The third-order valence-electron chi connectivity index (χ3n) is 0. The van der Waals surface area contributed by atoms with Gasteiger partial charge in [-0.3, -0.25) is 0 Å². The van der Waals surface area contributed by atoms with E-state index < -0.39 is 0 Å². The topological polar surface area (TPSA) is 40.9 Å². The Morgan fingerprint density at radius 3 is 0.941 bits per heavy atom. The quantitative estimate of drug-likeness (QED) is 0.367. The Kier molecular flexibility index (Phi) is 42.8. The van der Waals surface area contributed by atoms with E-state index >= 15 is 0 Å². The summed E-state index contributed by atoms with van der Waals surface area (Å²) in [6.45, 7) is 17.9. The standard InChI is InChI=1S/C4H8.C3H7N.C3H6O.C3H6S.CH4/c1-4(2)3;3*1-3(2)4;/h1H2,2-3H3;4H,1-2H3;2*1-2H3;1H4. The number of rotatable bonds is 0. The minimum Gasteiger partial charge on any atom is -0.310 e. The molecule has 0 aliphatic carbocycles. The number of carbonyl (C=O) groups is 1. The molecule has 0 saturated heterocycles. The Hall–Kier alpha value is -0.830. The molecular formula is C14H31NOS. The van der Waals surface area contributed by atoms with Crippen LogP contribution in [0.25, 0.3) is 0 Å². The SMILES string of the molecule is C.C=C(C)C.CC(C)=N.CC(C)=O.CC(C)=S. The molecule has 0 aliphatic heterocycles. The molecule has 0 fully saturated rings. The Labute approximate surface area is 114 Å². The first-order valence-corrected chi connectivity index (χ1v) is 5.42. The molecule has 104 valence electrons. The van der Waals surface area contributed by atoms with Gasteiger partial charge in [-0.05, 0) is 60.3 Å². The van der Waals surface area contributed by atoms with Crippen LogP contribution in [0.3, 0.4) is 0 Å². The minimum absolute atomic E-state index is 0. The minimum atomic E-state index is 0. The van der Waals surface area contributed by atoms with Crippen molar-refractivity contribution in [3.63, 3.8) is 0 Å². The van der Waals surface area contributed by atoms with Crippen molar-refractivity contribution in [3.8, 4) is 0 Å². The van der Waals surface area contributed by atoms with Crippen LogP contribution in [0, 0.1) is 5.41 Å². The number of nitrogens with one attached hydrogen (secondary N) is 1. The van der Waals surface area contributed by atoms with E-state index in [1.807, 2.05) is 27.7 Å². The maximum atomic E-state index is 9.44. The molecule has 3 heteroatoms. The summed E-state index contributed by atoms with van der Waals surface area (Å²) in [5.74, 6) is 0.167. The first kappa shape index (κ1) is 29.8. The summed E-state index contributed by atoms with van der Waals surface area (Å²) >= 11 is 4.54. The fraction of sp³-hybridized carbons (Fsp3) is 0.643. The number of thiocarbonyl (C=S) groups is 1. The Bertz CT molecular complexity index is 156. The van der Waals surface area contributed by atoms with Crippen LogP contribution in [0.15, 0.2) is 12.2 Å². The van der Waals surface area contributed by atoms with Crippen LogP contribution in [0.5, 0.6) is 0 Å². The van der Waals surface area contributed by atoms with Crippen LogP contribution in [0.4, 0.5) is 0 Å². The Morgan fingerprint density at radius 2 is 0.941 bits per heavy atom. The first-order chi connectivity index (χ1) is 6.93. The lowest BCUT2D eigenvalue weighted by Gasteiger charge is -1.65. The van der Waals surface area contributed by atoms with Crippen molar-refractivity contribution in [1.29, 1.82) is 5.41 Å². The molecule has 0 unspecified atom stereocenters. The smallest absolute Gasteiger partial charge is 0.126 e. The highest BCUT2D eigenvalue weighted by Crippen LogP contribution is 1.73. The predicted octanol–water partition coefficient (Wildman–Crippen LogP) is 5.26. The van der Waals surface area contributed by atoms with Crippen LogP contribution >= 0.6 is 12.2 Å². The van der Waals surface area contributed by atoms with Gasteiger partial charge in [0.05, 0.1) is 0 Å². The summed E-state index contributed by atoms with van der Waals surface area (Å²) in [7, 11) is 0. The zero-order valence-corrected chi connectivity index (χ0v) is 12.8. The van der Waals surface area contributed by atoms with Gasteiger partial charge in [-0.15, -0.1) is 6.58 Å². The highest BCUT2D eigenvalue weighted by Gasteiger charge is 1.62. The van der Waals surface area contributed by atoms with Crippen LogP contribution in [0.2, 0.25) is 0 Å². The van der Waals surface area contributed by atoms with Gasteiger partial charge in [0.15, 0.2) is 0 Å². The molecule has 17 heavy (non-hydrogen) atoms. The lowest BCUT2D eigenvalue weighted by Crippen LogP contribution is -1.69. The number of Topliss-reactive ketones (excluding diaryl/α,β-unsaturated/α-hetero) is 1. The van der Waals surface area contributed by atoms with Gasteiger partial charge in [-0.2, -0.15) is 0 Å². The van der Waals surface area contributed by atoms with Gasteiger partial charge in [-0.25, -0.2) is 0 Å². The predicted molar refractivity (Wildman–Crippen MR) is 86.6 cm³/mol. The third kappa shape index (κ3) is 3820. The second-order valence-corrected chi connectivity index (χ2v) is 4.84. The molecule has 0 heterocycles. The second kappa shape index (κ2) is 24.4. The van der Waals surface area contributed by atoms with Crippen LogP contribution in [-0.2, 0) is 4.79 Å². The second-order valence-electron chi connectivity index (χ2n) is 4.02. The number of carbonyl (C=O) groups excluding carboxylic acids is 1. The molecule has 0 rings (SSSR count). The van der Waals surface area contributed by atoms with E-state index in [0.717, 1.165) is 4.86 Å².